The molecule has 0 aliphatic carbocycles. The maximum Gasteiger partial charge on any atom is 0.231 e. The van der Waals surface area contributed by atoms with Gasteiger partial charge in [-0.25, -0.2) is 13.4 Å². The normalized spacial score (nSPS) is 11.6. The molecule has 86 valence electrons. The highest BCUT2D eigenvalue weighted by Crippen LogP contribution is 2.35. The Morgan fingerprint density at radius 3 is 2.75 bits per heavy atom. The van der Waals surface area contributed by atoms with Crippen molar-refractivity contribution in [1.82, 2.24) is 4.98 Å². The number of sulfonamides is 1. The van der Waals surface area contributed by atoms with Crippen LogP contribution in [0.4, 0.5) is 5.13 Å². The molecule has 0 atom stereocenters. The quantitative estimate of drug-likeness (QED) is 0.935. The van der Waals surface area contributed by atoms with Gasteiger partial charge in [-0.05, 0) is 27.4 Å². The van der Waals surface area contributed by atoms with Crippen LogP contribution in [0.5, 0.6) is 0 Å². The maximum absolute atomic E-state index is 11.0. The Labute approximate surface area is 110 Å². The van der Waals surface area contributed by atoms with Crippen molar-refractivity contribution in [2.75, 3.05) is 11.0 Å². The van der Waals surface area contributed by atoms with E-state index in [9.17, 15) is 8.42 Å². The summed E-state index contributed by atoms with van der Waals surface area (Å²) in [6.45, 7) is 0. The van der Waals surface area contributed by atoms with Gasteiger partial charge in [-0.3, -0.25) is 4.72 Å². The number of aromatic nitrogens is 1. The molecule has 0 saturated carbocycles. The predicted octanol–water partition coefficient (Wildman–Crippen LogP) is 3.01. The van der Waals surface area contributed by atoms with Crippen LogP contribution in [0.2, 0.25) is 0 Å². The maximum atomic E-state index is 11.0. The standard InChI is InChI=1S/C8H7BrN2O2S3/c1-16(12,13)11-8-10-6(4-15-8)7-5(9)2-3-14-7/h2-4H,1H3,(H,10,11). The number of anilines is 1. The van der Waals surface area contributed by atoms with E-state index in [1.165, 1.54) is 11.3 Å². The van der Waals surface area contributed by atoms with Crippen LogP contribution in [-0.2, 0) is 10.0 Å². The second kappa shape index (κ2) is 4.44. The number of nitrogens with one attached hydrogen (secondary N) is 1. The molecule has 0 radical (unpaired) electrons. The number of hydrogen-bond acceptors (Lipinski definition) is 5. The van der Waals surface area contributed by atoms with E-state index in [1.807, 2.05) is 16.8 Å². The molecule has 4 nitrogen and oxygen atoms in total. The van der Waals surface area contributed by atoms with E-state index in [2.05, 4.69) is 25.6 Å². The van der Waals surface area contributed by atoms with Crippen LogP contribution < -0.4 is 4.72 Å². The molecule has 0 aromatic carbocycles. The monoisotopic (exact) mass is 338 g/mol. The molecule has 2 heterocycles. The van der Waals surface area contributed by atoms with Gasteiger partial charge >= 0.3 is 0 Å². The molecule has 0 unspecified atom stereocenters. The third-order valence-corrected chi connectivity index (χ3v) is 4.94. The highest BCUT2D eigenvalue weighted by Gasteiger charge is 2.11. The van der Waals surface area contributed by atoms with E-state index < -0.39 is 10.0 Å². The first-order valence-electron chi connectivity index (χ1n) is 4.12. The molecule has 0 spiro atoms. The van der Waals surface area contributed by atoms with E-state index >= 15 is 0 Å². The van der Waals surface area contributed by atoms with E-state index in [-0.39, 0.29) is 0 Å². The summed E-state index contributed by atoms with van der Waals surface area (Å²) in [6, 6.07) is 1.93. The third kappa shape index (κ3) is 2.82. The Bertz CT molecular complexity index is 602. The van der Waals surface area contributed by atoms with E-state index in [0.29, 0.717) is 5.13 Å². The van der Waals surface area contributed by atoms with E-state index in [4.69, 9.17) is 0 Å². The number of halogens is 1. The summed E-state index contributed by atoms with van der Waals surface area (Å²) in [4.78, 5) is 5.21. The van der Waals surface area contributed by atoms with E-state index in [0.717, 1.165) is 21.3 Å². The second-order valence-electron chi connectivity index (χ2n) is 3.01. The van der Waals surface area contributed by atoms with Crippen molar-refractivity contribution in [3.05, 3.63) is 21.3 Å². The fourth-order valence-corrected chi connectivity index (χ4v) is 4.23. The molecule has 2 aromatic heterocycles. The molecule has 0 amide bonds. The summed E-state index contributed by atoms with van der Waals surface area (Å²) in [7, 11) is -3.25. The fourth-order valence-electron chi connectivity index (χ4n) is 1.06. The average molecular weight is 339 g/mol. The van der Waals surface area contributed by atoms with Crippen LogP contribution in [-0.4, -0.2) is 19.7 Å². The van der Waals surface area contributed by atoms with Crippen molar-refractivity contribution in [1.29, 1.82) is 0 Å². The zero-order valence-corrected chi connectivity index (χ0v) is 12.1. The fraction of sp³-hybridized carbons (Fsp3) is 0.125. The zero-order chi connectivity index (χ0) is 11.8. The van der Waals surface area contributed by atoms with Gasteiger partial charge in [0.25, 0.3) is 0 Å². The molecular weight excluding hydrogens is 332 g/mol. The lowest BCUT2D eigenvalue weighted by atomic mass is 10.4. The Balaban J connectivity index is 2.30. The molecule has 16 heavy (non-hydrogen) atoms. The molecule has 0 fully saturated rings. The first-order chi connectivity index (χ1) is 7.46. The molecule has 0 aliphatic heterocycles. The largest absolute Gasteiger partial charge is 0.259 e. The molecule has 2 aromatic rings. The van der Waals surface area contributed by atoms with Crippen molar-refractivity contribution in [3.8, 4) is 10.6 Å². The van der Waals surface area contributed by atoms with Crippen LogP contribution in [0, 0.1) is 0 Å². The Hall–Kier alpha value is -0.440. The minimum absolute atomic E-state index is 0.387. The minimum Gasteiger partial charge on any atom is -0.259 e. The van der Waals surface area contributed by atoms with Crippen molar-refractivity contribution >= 4 is 53.8 Å². The van der Waals surface area contributed by atoms with Gasteiger partial charge in [0, 0.05) is 9.85 Å². The molecule has 1 N–H and O–H groups in total. The summed E-state index contributed by atoms with van der Waals surface area (Å²) in [5.41, 5.74) is 0.776. The van der Waals surface area contributed by atoms with Crippen molar-refractivity contribution < 1.29 is 8.42 Å². The first-order valence-corrected chi connectivity index (χ1v) is 8.57. The van der Waals surface area contributed by atoms with E-state index in [1.54, 1.807) is 11.3 Å². The number of nitrogens with zero attached hydrogens (tertiary/aromatic N) is 1. The smallest absolute Gasteiger partial charge is 0.231 e. The van der Waals surface area contributed by atoms with Gasteiger partial charge < -0.3 is 0 Å². The molecular formula is C8H7BrN2O2S3. The summed E-state index contributed by atoms with van der Waals surface area (Å²) in [5.74, 6) is 0. The number of hydrogen-bond donors (Lipinski definition) is 1. The lowest BCUT2D eigenvalue weighted by Gasteiger charge is -1.96. The predicted molar refractivity (Wildman–Crippen MR) is 71.6 cm³/mol. The summed E-state index contributed by atoms with van der Waals surface area (Å²) >= 11 is 6.23. The van der Waals surface area contributed by atoms with Gasteiger partial charge in [0.2, 0.25) is 10.0 Å². The molecule has 8 heteroatoms. The Morgan fingerprint density at radius 2 is 2.19 bits per heavy atom. The highest BCUT2D eigenvalue weighted by atomic mass is 79.9. The third-order valence-electron chi connectivity index (χ3n) is 1.63. The molecule has 0 bridgehead atoms. The van der Waals surface area contributed by atoms with Gasteiger partial charge in [-0.2, -0.15) is 0 Å². The van der Waals surface area contributed by atoms with Gasteiger partial charge in [0.05, 0.1) is 16.8 Å². The zero-order valence-electron chi connectivity index (χ0n) is 8.10. The van der Waals surface area contributed by atoms with Crippen LogP contribution in [0.25, 0.3) is 10.6 Å². The second-order valence-corrected chi connectivity index (χ2v) is 7.39. The van der Waals surface area contributed by atoms with Gasteiger partial charge in [0.1, 0.15) is 0 Å². The molecule has 0 aliphatic rings. The van der Waals surface area contributed by atoms with Crippen LogP contribution in [0.1, 0.15) is 0 Å². The Morgan fingerprint density at radius 1 is 1.44 bits per heavy atom. The van der Waals surface area contributed by atoms with Gasteiger partial charge in [0.15, 0.2) is 5.13 Å². The van der Waals surface area contributed by atoms with Crippen molar-refractivity contribution in [2.45, 2.75) is 0 Å². The Kier molecular flexibility index (Phi) is 3.34. The average Bonchev–Trinajstić information content (AvgIpc) is 2.71. The van der Waals surface area contributed by atoms with Crippen molar-refractivity contribution in [2.24, 2.45) is 0 Å². The van der Waals surface area contributed by atoms with Crippen LogP contribution >= 0.6 is 38.6 Å². The minimum atomic E-state index is -3.25. The number of thiophene rings is 1. The highest BCUT2D eigenvalue weighted by molar-refractivity contribution is 9.10. The summed E-state index contributed by atoms with van der Waals surface area (Å²) in [6.07, 6.45) is 1.11. The van der Waals surface area contributed by atoms with Crippen molar-refractivity contribution in [3.63, 3.8) is 0 Å². The van der Waals surface area contributed by atoms with Gasteiger partial charge in [-0.1, -0.05) is 0 Å². The molecule has 0 saturated heterocycles. The van der Waals surface area contributed by atoms with Crippen LogP contribution in [0.15, 0.2) is 21.3 Å². The summed E-state index contributed by atoms with van der Waals surface area (Å²) in [5, 5.41) is 4.16. The van der Waals surface area contributed by atoms with Crippen LogP contribution in [0.3, 0.4) is 0 Å². The van der Waals surface area contributed by atoms with Gasteiger partial charge in [-0.15, -0.1) is 22.7 Å². The molecule has 2 rings (SSSR count). The number of thiazole rings is 1. The number of rotatable bonds is 3. The summed E-state index contributed by atoms with van der Waals surface area (Å²) < 4.78 is 25.3. The lowest BCUT2D eigenvalue weighted by molar-refractivity contribution is 0.607. The SMILES string of the molecule is CS(=O)(=O)Nc1nc(-c2sccc2Br)cs1. The lowest BCUT2D eigenvalue weighted by Crippen LogP contribution is -2.08. The topological polar surface area (TPSA) is 59.1 Å². The first kappa shape index (κ1) is 12.0.